The van der Waals surface area contributed by atoms with Gasteiger partial charge >= 0.3 is 0 Å². The van der Waals surface area contributed by atoms with Crippen molar-refractivity contribution in [3.05, 3.63) is 30.6 Å². The van der Waals surface area contributed by atoms with Crippen molar-refractivity contribution < 1.29 is 9.90 Å². The van der Waals surface area contributed by atoms with Crippen LogP contribution in [0.25, 0.3) is 0 Å². The van der Waals surface area contributed by atoms with E-state index in [2.05, 4.69) is 30.4 Å². The van der Waals surface area contributed by atoms with Crippen LogP contribution in [0.4, 0.5) is 28.7 Å². The molecule has 3 rings (SSSR count). The first kappa shape index (κ1) is 18.9. The lowest BCUT2D eigenvalue weighted by atomic mass is 10.2. The van der Waals surface area contributed by atoms with Crippen LogP contribution in [0.5, 0.6) is 0 Å². The Morgan fingerprint density at radius 1 is 1.15 bits per heavy atom. The summed E-state index contributed by atoms with van der Waals surface area (Å²) in [4.78, 5) is 24.1. The molecule has 1 aromatic carbocycles. The highest BCUT2D eigenvalue weighted by Crippen LogP contribution is 2.29. The molecule has 2 aromatic rings. The Kier molecular flexibility index (Phi) is 6.05. The third kappa shape index (κ3) is 4.83. The lowest BCUT2D eigenvalue weighted by Crippen LogP contribution is -2.47. The van der Waals surface area contributed by atoms with Gasteiger partial charge in [-0.2, -0.15) is 0 Å². The molecular weight excluding hydrogens is 346 g/mol. The van der Waals surface area contributed by atoms with Crippen LogP contribution in [0.1, 0.15) is 6.92 Å². The number of anilines is 5. The number of carbonyl (C=O) groups excluding carboxylic acids is 1. The number of rotatable bonds is 6. The van der Waals surface area contributed by atoms with Gasteiger partial charge < -0.3 is 26.4 Å². The summed E-state index contributed by atoms with van der Waals surface area (Å²) in [5, 5.41) is 15.0. The van der Waals surface area contributed by atoms with E-state index >= 15 is 0 Å². The SMILES string of the molecule is CC(=O)Nc1ccc(Nc2ncnc(N3CCN(CCO)CC3)c2N)cc1. The summed E-state index contributed by atoms with van der Waals surface area (Å²) >= 11 is 0. The van der Waals surface area contributed by atoms with Crippen molar-refractivity contribution in [3.63, 3.8) is 0 Å². The standard InChI is InChI=1S/C18H25N7O2/c1-13(27)22-14-2-4-15(5-3-14)23-17-16(19)18(21-12-20-17)25-8-6-24(7-9-25)10-11-26/h2-5,12,26H,6-11,19H2,1H3,(H,22,27)(H,20,21,23). The Bertz CT molecular complexity index is 774. The predicted octanol–water partition coefficient (Wildman–Crippen LogP) is 0.875. The zero-order valence-electron chi connectivity index (χ0n) is 15.4. The molecule has 5 N–H and O–H groups in total. The molecule has 0 aliphatic carbocycles. The monoisotopic (exact) mass is 371 g/mol. The molecule has 0 spiro atoms. The first-order valence-corrected chi connectivity index (χ1v) is 8.90. The van der Waals surface area contributed by atoms with E-state index in [0.717, 1.165) is 37.6 Å². The number of hydrogen-bond acceptors (Lipinski definition) is 8. The maximum atomic E-state index is 11.1. The first-order chi connectivity index (χ1) is 13.1. The van der Waals surface area contributed by atoms with Gasteiger partial charge in [0.05, 0.1) is 6.61 Å². The molecule has 27 heavy (non-hydrogen) atoms. The minimum Gasteiger partial charge on any atom is -0.395 e. The van der Waals surface area contributed by atoms with Crippen molar-refractivity contribution in [3.8, 4) is 0 Å². The normalized spacial score (nSPS) is 14.8. The van der Waals surface area contributed by atoms with Gasteiger partial charge in [0.25, 0.3) is 0 Å². The quantitative estimate of drug-likeness (QED) is 0.591. The van der Waals surface area contributed by atoms with E-state index in [1.54, 1.807) is 0 Å². The zero-order chi connectivity index (χ0) is 19.2. The van der Waals surface area contributed by atoms with Gasteiger partial charge in [0.15, 0.2) is 11.6 Å². The van der Waals surface area contributed by atoms with E-state index in [-0.39, 0.29) is 12.5 Å². The summed E-state index contributed by atoms with van der Waals surface area (Å²) in [6, 6.07) is 7.31. The first-order valence-electron chi connectivity index (χ1n) is 8.90. The molecule has 0 radical (unpaired) electrons. The highest BCUT2D eigenvalue weighted by atomic mass is 16.3. The van der Waals surface area contributed by atoms with Crippen LogP contribution < -0.4 is 21.3 Å². The van der Waals surface area contributed by atoms with Crippen molar-refractivity contribution in [2.75, 3.05) is 60.6 Å². The summed E-state index contributed by atoms with van der Waals surface area (Å²) in [5.41, 5.74) is 8.35. The predicted molar refractivity (Wildman–Crippen MR) is 106 cm³/mol. The topological polar surface area (TPSA) is 120 Å². The van der Waals surface area contributed by atoms with Crippen LogP contribution in [0.3, 0.4) is 0 Å². The number of carbonyl (C=O) groups is 1. The average Bonchev–Trinajstić information content (AvgIpc) is 2.66. The lowest BCUT2D eigenvalue weighted by molar-refractivity contribution is -0.114. The summed E-state index contributed by atoms with van der Waals surface area (Å²) < 4.78 is 0. The molecule has 9 heteroatoms. The van der Waals surface area contributed by atoms with Gasteiger partial charge in [-0.05, 0) is 24.3 Å². The number of aromatic nitrogens is 2. The smallest absolute Gasteiger partial charge is 0.221 e. The summed E-state index contributed by atoms with van der Waals surface area (Å²) in [6.45, 7) is 5.64. The molecular formula is C18H25N7O2. The molecule has 1 aliphatic heterocycles. The number of aliphatic hydroxyl groups excluding tert-OH is 1. The second-order valence-corrected chi connectivity index (χ2v) is 6.40. The number of β-amino-alcohol motifs (C(OH)–C–C–N with tert-alkyl or cyclic N) is 1. The van der Waals surface area contributed by atoms with Gasteiger partial charge in [0.1, 0.15) is 12.0 Å². The number of nitrogen functional groups attached to an aromatic ring is 1. The maximum Gasteiger partial charge on any atom is 0.221 e. The van der Waals surface area contributed by atoms with Gasteiger partial charge in [-0.3, -0.25) is 9.69 Å². The molecule has 1 saturated heterocycles. The molecule has 2 heterocycles. The van der Waals surface area contributed by atoms with Crippen molar-refractivity contribution in [1.29, 1.82) is 0 Å². The van der Waals surface area contributed by atoms with Crippen LogP contribution in [0.2, 0.25) is 0 Å². The van der Waals surface area contributed by atoms with E-state index in [9.17, 15) is 4.79 Å². The molecule has 0 unspecified atom stereocenters. The fourth-order valence-corrected chi connectivity index (χ4v) is 3.04. The van der Waals surface area contributed by atoms with Crippen molar-refractivity contribution in [1.82, 2.24) is 14.9 Å². The van der Waals surface area contributed by atoms with Crippen molar-refractivity contribution >= 4 is 34.6 Å². The molecule has 0 bridgehead atoms. The van der Waals surface area contributed by atoms with E-state index in [1.165, 1.54) is 13.3 Å². The van der Waals surface area contributed by atoms with Gasteiger partial charge in [0.2, 0.25) is 5.91 Å². The number of nitrogens with one attached hydrogen (secondary N) is 2. The fraction of sp³-hybridized carbons (Fsp3) is 0.389. The molecule has 0 saturated carbocycles. The third-order valence-electron chi connectivity index (χ3n) is 4.42. The zero-order valence-corrected chi connectivity index (χ0v) is 15.4. The highest BCUT2D eigenvalue weighted by molar-refractivity contribution is 5.89. The summed E-state index contributed by atoms with van der Waals surface area (Å²) in [7, 11) is 0. The van der Waals surface area contributed by atoms with Crippen molar-refractivity contribution in [2.45, 2.75) is 6.92 Å². The van der Waals surface area contributed by atoms with E-state index in [0.29, 0.717) is 23.9 Å². The van der Waals surface area contributed by atoms with E-state index < -0.39 is 0 Å². The highest BCUT2D eigenvalue weighted by Gasteiger charge is 2.21. The molecule has 9 nitrogen and oxygen atoms in total. The summed E-state index contributed by atoms with van der Waals surface area (Å²) in [6.07, 6.45) is 1.50. The molecule has 1 fully saturated rings. The minimum atomic E-state index is -0.112. The average molecular weight is 371 g/mol. The molecule has 1 aromatic heterocycles. The fourth-order valence-electron chi connectivity index (χ4n) is 3.04. The Hall–Kier alpha value is -2.91. The van der Waals surface area contributed by atoms with Gasteiger partial charge in [-0.25, -0.2) is 9.97 Å². The minimum absolute atomic E-state index is 0.112. The number of benzene rings is 1. The second-order valence-electron chi connectivity index (χ2n) is 6.40. The van der Waals surface area contributed by atoms with E-state index in [4.69, 9.17) is 10.8 Å². The Labute approximate surface area is 158 Å². The Balaban J connectivity index is 1.69. The number of piperazine rings is 1. The van der Waals surface area contributed by atoms with Crippen LogP contribution in [-0.4, -0.2) is 65.2 Å². The molecule has 1 amide bonds. The van der Waals surface area contributed by atoms with Gasteiger partial charge in [0, 0.05) is 51.0 Å². The van der Waals surface area contributed by atoms with E-state index in [1.807, 2.05) is 24.3 Å². The lowest BCUT2D eigenvalue weighted by Gasteiger charge is -2.35. The maximum absolute atomic E-state index is 11.1. The summed E-state index contributed by atoms with van der Waals surface area (Å²) in [5.74, 6) is 1.15. The second kappa shape index (κ2) is 8.65. The van der Waals surface area contributed by atoms with Crippen molar-refractivity contribution in [2.24, 2.45) is 0 Å². The van der Waals surface area contributed by atoms with Crippen LogP contribution in [0.15, 0.2) is 30.6 Å². The number of amides is 1. The van der Waals surface area contributed by atoms with Gasteiger partial charge in [-0.15, -0.1) is 0 Å². The number of hydrogen-bond donors (Lipinski definition) is 4. The van der Waals surface area contributed by atoms with Crippen LogP contribution in [-0.2, 0) is 4.79 Å². The molecule has 0 atom stereocenters. The van der Waals surface area contributed by atoms with Crippen LogP contribution in [0, 0.1) is 0 Å². The Morgan fingerprint density at radius 2 is 1.81 bits per heavy atom. The van der Waals surface area contributed by atoms with Gasteiger partial charge in [-0.1, -0.05) is 0 Å². The number of nitrogens with two attached hydrogens (primary N) is 1. The molecule has 1 aliphatic rings. The third-order valence-corrected chi connectivity index (χ3v) is 4.42. The molecule has 144 valence electrons. The number of nitrogens with zero attached hydrogens (tertiary/aromatic N) is 4. The number of aliphatic hydroxyl groups is 1. The van der Waals surface area contributed by atoms with Crippen LogP contribution >= 0.6 is 0 Å². The largest absolute Gasteiger partial charge is 0.395 e. The Morgan fingerprint density at radius 3 is 2.44 bits per heavy atom.